The molecule has 0 spiro atoms. The highest BCUT2D eigenvalue weighted by molar-refractivity contribution is 6.03. The number of benzene rings is 3. The normalized spacial score (nSPS) is 15.0. The van der Waals surface area contributed by atoms with Crippen LogP contribution < -0.4 is 0 Å². The molecule has 0 amide bonds. The van der Waals surface area contributed by atoms with Crippen molar-refractivity contribution in [2.75, 3.05) is 0 Å². The SMILES string of the molecule is Cc1cc2c3c(cccc3c1F)-c1cccc(F)c1C2(C)C. The van der Waals surface area contributed by atoms with Gasteiger partial charge in [0.25, 0.3) is 0 Å². The zero-order chi connectivity index (χ0) is 15.6. The van der Waals surface area contributed by atoms with Crippen molar-refractivity contribution in [2.45, 2.75) is 26.2 Å². The summed E-state index contributed by atoms with van der Waals surface area (Å²) in [4.78, 5) is 0. The maximum Gasteiger partial charge on any atom is 0.133 e. The predicted octanol–water partition coefficient (Wildman–Crippen LogP) is 5.73. The number of fused-ring (bicyclic) bond motifs is 2. The molecular weight excluding hydrogens is 278 g/mol. The molecule has 1 aliphatic carbocycles. The average molecular weight is 294 g/mol. The molecule has 110 valence electrons. The Bertz CT molecular complexity index is 936. The summed E-state index contributed by atoms with van der Waals surface area (Å²) < 4.78 is 29.1. The number of hydrogen-bond acceptors (Lipinski definition) is 0. The van der Waals surface area contributed by atoms with Gasteiger partial charge in [0.1, 0.15) is 11.6 Å². The molecule has 0 saturated heterocycles. The van der Waals surface area contributed by atoms with E-state index in [2.05, 4.69) is 0 Å². The zero-order valence-electron chi connectivity index (χ0n) is 12.8. The van der Waals surface area contributed by atoms with E-state index in [1.165, 1.54) is 6.07 Å². The van der Waals surface area contributed by atoms with Gasteiger partial charge < -0.3 is 0 Å². The van der Waals surface area contributed by atoms with Crippen LogP contribution >= 0.6 is 0 Å². The molecule has 0 atom stereocenters. The number of hydrogen-bond donors (Lipinski definition) is 0. The van der Waals surface area contributed by atoms with Crippen molar-refractivity contribution in [2.24, 2.45) is 0 Å². The molecule has 0 fully saturated rings. The fraction of sp³-hybridized carbons (Fsp3) is 0.200. The highest BCUT2D eigenvalue weighted by Gasteiger charge is 2.36. The van der Waals surface area contributed by atoms with Crippen LogP contribution in [0.15, 0.2) is 42.5 Å². The Morgan fingerprint density at radius 1 is 0.909 bits per heavy atom. The Morgan fingerprint density at radius 2 is 1.59 bits per heavy atom. The molecule has 0 nitrogen and oxygen atoms in total. The van der Waals surface area contributed by atoms with E-state index in [1.54, 1.807) is 13.0 Å². The van der Waals surface area contributed by atoms with Crippen molar-refractivity contribution in [3.63, 3.8) is 0 Å². The molecule has 0 saturated carbocycles. The molecule has 0 heterocycles. The number of halogens is 2. The Morgan fingerprint density at radius 3 is 2.36 bits per heavy atom. The molecule has 0 aliphatic heterocycles. The van der Waals surface area contributed by atoms with Gasteiger partial charge >= 0.3 is 0 Å². The van der Waals surface area contributed by atoms with Gasteiger partial charge in [-0.1, -0.05) is 50.2 Å². The van der Waals surface area contributed by atoms with E-state index in [1.807, 2.05) is 44.2 Å². The molecule has 4 rings (SSSR count). The largest absolute Gasteiger partial charge is 0.207 e. The topological polar surface area (TPSA) is 0 Å². The molecule has 3 aromatic rings. The lowest BCUT2D eigenvalue weighted by atomic mass is 9.68. The molecule has 0 aromatic heterocycles. The highest BCUT2D eigenvalue weighted by Crippen LogP contribution is 2.50. The minimum Gasteiger partial charge on any atom is -0.207 e. The van der Waals surface area contributed by atoms with E-state index in [0.717, 1.165) is 22.1 Å². The minimum atomic E-state index is -0.494. The smallest absolute Gasteiger partial charge is 0.133 e. The summed E-state index contributed by atoms with van der Waals surface area (Å²) in [6, 6.07) is 12.6. The summed E-state index contributed by atoms with van der Waals surface area (Å²) >= 11 is 0. The van der Waals surface area contributed by atoms with Gasteiger partial charge in [0.2, 0.25) is 0 Å². The Labute approximate surface area is 128 Å². The summed E-state index contributed by atoms with van der Waals surface area (Å²) in [7, 11) is 0. The van der Waals surface area contributed by atoms with Crippen molar-refractivity contribution >= 4 is 10.8 Å². The van der Waals surface area contributed by atoms with Crippen LogP contribution in [0.5, 0.6) is 0 Å². The molecule has 0 unspecified atom stereocenters. The van der Waals surface area contributed by atoms with Crippen LogP contribution in [0.1, 0.15) is 30.5 Å². The maximum absolute atomic E-state index is 14.6. The van der Waals surface area contributed by atoms with Gasteiger partial charge in [-0.2, -0.15) is 0 Å². The van der Waals surface area contributed by atoms with Crippen LogP contribution in [0.2, 0.25) is 0 Å². The average Bonchev–Trinajstić information content (AvgIpc) is 2.48. The Hall–Kier alpha value is -2.22. The second-order valence-electron chi connectivity index (χ2n) is 6.57. The van der Waals surface area contributed by atoms with E-state index >= 15 is 0 Å². The van der Waals surface area contributed by atoms with Gasteiger partial charge in [-0.15, -0.1) is 0 Å². The lowest BCUT2D eigenvalue weighted by Crippen LogP contribution is -2.25. The molecule has 2 heteroatoms. The molecule has 22 heavy (non-hydrogen) atoms. The van der Waals surface area contributed by atoms with E-state index in [9.17, 15) is 8.78 Å². The third-order valence-electron chi connectivity index (χ3n) is 4.88. The molecule has 0 N–H and O–H groups in total. The van der Waals surface area contributed by atoms with Gasteiger partial charge in [0.05, 0.1) is 0 Å². The molecular formula is C20H16F2. The van der Waals surface area contributed by atoms with Gasteiger partial charge in [0, 0.05) is 16.4 Å². The second-order valence-corrected chi connectivity index (χ2v) is 6.57. The van der Waals surface area contributed by atoms with Gasteiger partial charge in [-0.05, 0) is 40.6 Å². The van der Waals surface area contributed by atoms with E-state index in [0.29, 0.717) is 16.5 Å². The lowest BCUT2D eigenvalue weighted by molar-refractivity contribution is 0.549. The van der Waals surface area contributed by atoms with E-state index in [-0.39, 0.29) is 11.6 Å². The molecule has 0 bridgehead atoms. The quantitative estimate of drug-likeness (QED) is 0.496. The second kappa shape index (κ2) is 4.16. The van der Waals surface area contributed by atoms with Gasteiger partial charge in [-0.3, -0.25) is 0 Å². The Balaban J connectivity index is 2.30. The van der Waals surface area contributed by atoms with Crippen LogP contribution in [0.25, 0.3) is 21.9 Å². The van der Waals surface area contributed by atoms with Crippen molar-refractivity contribution < 1.29 is 8.78 Å². The summed E-state index contributed by atoms with van der Waals surface area (Å²) in [6.45, 7) is 5.79. The van der Waals surface area contributed by atoms with Crippen molar-refractivity contribution in [3.8, 4) is 11.1 Å². The number of aryl methyl sites for hydroxylation is 1. The first-order valence-electron chi connectivity index (χ1n) is 7.44. The van der Waals surface area contributed by atoms with Gasteiger partial charge in [-0.25, -0.2) is 8.78 Å². The Kier molecular flexibility index (Phi) is 2.54. The first kappa shape index (κ1) is 13.4. The fourth-order valence-corrected chi connectivity index (χ4v) is 3.83. The highest BCUT2D eigenvalue weighted by atomic mass is 19.1. The first-order valence-corrected chi connectivity index (χ1v) is 7.44. The minimum absolute atomic E-state index is 0.184. The third-order valence-corrected chi connectivity index (χ3v) is 4.88. The zero-order valence-corrected chi connectivity index (χ0v) is 12.8. The van der Waals surface area contributed by atoms with E-state index in [4.69, 9.17) is 0 Å². The lowest BCUT2D eigenvalue weighted by Gasteiger charge is -2.35. The molecule has 0 radical (unpaired) electrons. The van der Waals surface area contributed by atoms with Crippen LogP contribution in [-0.4, -0.2) is 0 Å². The van der Waals surface area contributed by atoms with Crippen LogP contribution in [-0.2, 0) is 5.41 Å². The number of rotatable bonds is 0. The van der Waals surface area contributed by atoms with Crippen molar-refractivity contribution in [1.82, 2.24) is 0 Å². The standard InChI is InChI=1S/C20H16F2/c1-11-10-15-17-12(6-4-8-14(17)19(11)22)13-7-5-9-16(21)18(13)20(15,2)3/h4-10H,1-3H3. The predicted molar refractivity (Wildman–Crippen MR) is 86.2 cm³/mol. The monoisotopic (exact) mass is 294 g/mol. The third kappa shape index (κ3) is 1.50. The van der Waals surface area contributed by atoms with Crippen LogP contribution in [0, 0.1) is 18.6 Å². The first-order chi connectivity index (χ1) is 10.4. The summed E-state index contributed by atoms with van der Waals surface area (Å²) in [5, 5.41) is 1.53. The summed E-state index contributed by atoms with van der Waals surface area (Å²) in [5.74, 6) is -0.386. The van der Waals surface area contributed by atoms with E-state index < -0.39 is 5.41 Å². The maximum atomic E-state index is 14.6. The van der Waals surface area contributed by atoms with Gasteiger partial charge in [0.15, 0.2) is 0 Å². The fourth-order valence-electron chi connectivity index (χ4n) is 3.83. The molecule has 3 aromatic carbocycles. The molecule has 1 aliphatic rings. The van der Waals surface area contributed by atoms with Crippen molar-refractivity contribution in [1.29, 1.82) is 0 Å². The summed E-state index contributed by atoms with van der Waals surface area (Å²) in [5.41, 5.74) is 3.58. The summed E-state index contributed by atoms with van der Waals surface area (Å²) in [6.07, 6.45) is 0. The van der Waals surface area contributed by atoms with Crippen molar-refractivity contribution in [3.05, 3.63) is 70.8 Å². The van der Waals surface area contributed by atoms with Crippen LogP contribution in [0.4, 0.5) is 8.78 Å². The van der Waals surface area contributed by atoms with Crippen LogP contribution in [0.3, 0.4) is 0 Å².